The molecule has 5 rings (SSSR count). The lowest BCUT2D eigenvalue weighted by Crippen LogP contribution is -2.21. The molecule has 4 aromatic rings. The molecule has 0 fully saturated rings. The Bertz CT molecular complexity index is 1340. The van der Waals surface area contributed by atoms with Crippen LogP contribution in [0.2, 0.25) is 0 Å². The topological polar surface area (TPSA) is 73.9 Å². The zero-order chi connectivity index (χ0) is 23.2. The van der Waals surface area contributed by atoms with Crippen molar-refractivity contribution in [2.24, 2.45) is 0 Å². The van der Waals surface area contributed by atoms with E-state index in [4.69, 9.17) is 0 Å². The van der Waals surface area contributed by atoms with Gasteiger partial charge in [0.15, 0.2) is 5.65 Å². The summed E-state index contributed by atoms with van der Waals surface area (Å²) < 4.78 is 27.3. The van der Waals surface area contributed by atoms with E-state index in [9.17, 15) is 13.6 Å². The molecule has 0 saturated carbocycles. The fourth-order valence-corrected chi connectivity index (χ4v) is 4.31. The van der Waals surface area contributed by atoms with Crippen molar-refractivity contribution in [2.75, 3.05) is 16.8 Å². The van der Waals surface area contributed by atoms with Crippen LogP contribution in [0.15, 0.2) is 60.9 Å². The molecule has 2 aromatic carbocycles. The number of alkyl halides is 2. The SMILES string of the molecule is CC1CN(Cc2cnc3[nH]ncc3c2)c2cc(C(=O)Nc3cccc(C(C)(F)F)c3)ccc21. The van der Waals surface area contributed by atoms with Gasteiger partial charge < -0.3 is 10.2 Å². The number of H-pyrrole nitrogens is 1. The van der Waals surface area contributed by atoms with Crippen LogP contribution in [-0.2, 0) is 12.5 Å². The van der Waals surface area contributed by atoms with Crippen LogP contribution in [0.4, 0.5) is 20.2 Å². The number of carbonyl (C=O) groups is 1. The van der Waals surface area contributed by atoms with Crippen LogP contribution in [0.3, 0.4) is 0 Å². The molecule has 1 aliphatic heterocycles. The summed E-state index contributed by atoms with van der Waals surface area (Å²) in [4.78, 5) is 19.5. The molecule has 0 spiro atoms. The lowest BCUT2D eigenvalue weighted by Gasteiger charge is -2.20. The van der Waals surface area contributed by atoms with E-state index in [1.807, 2.05) is 18.3 Å². The Labute approximate surface area is 189 Å². The van der Waals surface area contributed by atoms with Gasteiger partial charge in [-0.05, 0) is 41.5 Å². The van der Waals surface area contributed by atoms with Gasteiger partial charge in [0.2, 0.25) is 0 Å². The summed E-state index contributed by atoms with van der Waals surface area (Å²) >= 11 is 0. The maximum Gasteiger partial charge on any atom is 0.270 e. The van der Waals surface area contributed by atoms with Gasteiger partial charge in [-0.2, -0.15) is 5.10 Å². The summed E-state index contributed by atoms with van der Waals surface area (Å²) in [5.74, 6) is -2.99. The molecule has 2 aromatic heterocycles. The van der Waals surface area contributed by atoms with Gasteiger partial charge in [0.05, 0.1) is 6.20 Å². The normalized spacial score (nSPS) is 15.6. The van der Waals surface area contributed by atoms with Crippen LogP contribution in [0.25, 0.3) is 11.0 Å². The number of benzene rings is 2. The highest BCUT2D eigenvalue weighted by Gasteiger charge is 2.27. The van der Waals surface area contributed by atoms with E-state index in [-0.39, 0.29) is 11.5 Å². The molecule has 168 valence electrons. The quantitative estimate of drug-likeness (QED) is 0.427. The third kappa shape index (κ3) is 4.16. The molecule has 3 heterocycles. The molecule has 0 bridgehead atoms. The molecular weight excluding hydrogens is 424 g/mol. The number of hydrogen-bond donors (Lipinski definition) is 2. The highest BCUT2D eigenvalue weighted by Crippen LogP contribution is 2.38. The Morgan fingerprint density at radius 3 is 2.88 bits per heavy atom. The summed E-state index contributed by atoms with van der Waals surface area (Å²) in [5, 5.41) is 10.6. The predicted molar refractivity (Wildman–Crippen MR) is 124 cm³/mol. The van der Waals surface area contributed by atoms with Gasteiger partial charge in [-0.25, -0.2) is 13.8 Å². The molecule has 1 atom stereocenters. The molecular formula is C25H23F2N5O. The number of rotatable bonds is 5. The van der Waals surface area contributed by atoms with E-state index in [0.717, 1.165) is 35.8 Å². The Morgan fingerprint density at radius 1 is 1.21 bits per heavy atom. The van der Waals surface area contributed by atoms with Crippen LogP contribution in [-0.4, -0.2) is 27.6 Å². The average molecular weight is 447 g/mol. The third-order valence-corrected chi connectivity index (χ3v) is 6.01. The number of halogens is 2. The van der Waals surface area contributed by atoms with Crippen LogP contribution in [0, 0.1) is 0 Å². The Morgan fingerprint density at radius 2 is 2.06 bits per heavy atom. The number of fused-ring (bicyclic) bond motifs is 2. The largest absolute Gasteiger partial charge is 0.366 e. The molecule has 1 unspecified atom stereocenters. The van der Waals surface area contributed by atoms with Crippen molar-refractivity contribution >= 4 is 28.3 Å². The first-order chi connectivity index (χ1) is 15.8. The van der Waals surface area contributed by atoms with E-state index in [2.05, 4.69) is 38.4 Å². The number of amides is 1. The van der Waals surface area contributed by atoms with E-state index in [0.29, 0.717) is 23.7 Å². The number of aromatic nitrogens is 3. The van der Waals surface area contributed by atoms with Crippen molar-refractivity contribution in [1.29, 1.82) is 0 Å². The number of pyridine rings is 1. The zero-order valence-corrected chi connectivity index (χ0v) is 18.3. The van der Waals surface area contributed by atoms with Gasteiger partial charge >= 0.3 is 0 Å². The van der Waals surface area contributed by atoms with E-state index in [1.165, 1.54) is 23.8 Å². The summed E-state index contributed by atoms with van der Waals surface area (Å²) in [7, 11) is 0. The van der Waals surface area contributed by atoms with Crippen molar-refractivity contribution in [1.82, 2.24) is 15.2 Å². The Balaban J connectivity index is 1.38. The molecule has 1 amide bonds. The minimum absolute atomic E-state index is 0.141. The third-order valence-electron chi connectivity index (χ3n) is 6.01. The molecule has 8 heteroatoms. The zero-order valence-electron chi connectivity index (χ0n) is 18.3. The fourth-order valence-electron chi connectivity index (χ4n) is 4.31. The Hall–Kier alpha value is -3.81. The minimum Gasteiger partial charge on any atom is -0.366 e. The lowest BCUT2D eigenvalue weighted by atomic mass is 10.0. The number of carbonyl (C=O) groups excluding carboxylic acids is 1. The summed E-state index contributed by atoms with van der Waals surface area (Å²) in [6.45, 7) is 4.48. The second-order valence-corrected chi connectivity index (χ2v) is 8.63. The van der Waals surface area contributed by atoms with Crippen molar-refractivity contribution in [2.45, 2.75) is 32.2 Å². The van der Waals surface area contributed by atoms with Crippen molar-refractivity contribution < 1.29 is 13.6 Å². The monoisotopic (exact) mass is 447 g/mol. The maximum absolute atomic E-state index is 13.6. The molecule has 0 aliphatic carbocycles. The van der Waals surface area contributed by atoms with Gasteiger partial charge in [-0.1, -0.05) is 25.1 Å². The van der Waals surface area contributed by atoms with E-state index < -0.39 is 5.92 Å². The van der Waals surface area contributed by atoms with Crippen LogP contribution in [0.5, 0.6) is 0 Å². The van der Waals surface area contributed by atoms with Gasteiger partial charge in [0.25, 0.3) is 11.8 Å². The fraction of sp³-hybridized carbons (Fsp3) is 0.240. The van der Waals surface area contributed by atoms with Crippen molar-refractivity contribution in [3.05, 3.63) is 83.2 Å². The standard InChI is InChI=1S/C25H23F2N5O/c1-15-13-32(14-16-8-18-12-29-31-23(18)28-11-16)22-9-17(6-7-21(15)22)24(33)30-20-5-3-4-19(10-20)25(2,26)27/h3-12,15H,13-14H2,1-2H3,(H,30,33)(H,28,29,31). The number of anilines is 2. The number of aromatic amines is 1. The van der Waals surface area contributed by atoms with Gasteiger partial charge in [0, 0.05) is 60.0 Å². The lowest BCUT2D eigenvalue weighted by molar-refractivity contribution is 0.0175. The molecule has 0 radical (unpaired) electrons. The first kappa shape index (κ1) is 21.1. The van der Waals surface area contributed by atoms with Crippen LogP contribution >= 0.6 is 0 Å². The average Bonchev–Trinajstić information content (AvgIpc) is 3.37. The first-order valence-electron chi connectivity index (χ1n) is 10.7. The highest BCUT2D eigenvalue weighted by atomic mass is 19.3. The maximum atomic E-state index is 13.6. The van der Waals surface area contributed by atoms with Crippen LogP contribution < -0.4 is 10.2 Å². The van der Waals surface area contributed by atoms with Crippen molar-refractivity contribution in [3.8, 4) is 0 Å². The second kappa shape index (κ2) is 7.95. The highest BCUT2D eigenvalue weighted by molar-refractivity contribution is 6.05. The molecule has 33 heavy (non-hydrogen) atoms. The second-order valence-electron chi connectivity index (χ2n) is 8.63. The summed E-state index contributed by atoms with van der Waals surface area (Å²) in [5.41, 5.74) is 4.65. The van der Waals surface area contributed by atoms with Gasteiger partial charge in [-0.3, -0.25) is 9.89 Å². The number of nitrogens with one attached hydrogen (secondary N) is 2. The molecule has 2 N–H and O–H groups in total. The van der Waals surface area contributed by atoms with Gasteiger partial charge in [-0.15, -0.1) is 0 Å². The van der Waals surface area contributed by atoms with Crippen LogP contribution in [0.1, 0.15) is 46.8 Å². The molecule has 1 aliphatic rings. The van der Waals surface area contributed by atoms with Gasteiger partial charge in [0.1, 0.15) is 0 Å². The van der Waals surface area contributed by atoms with E-state index >= 15 is 0 Å². The smallest absolute Gasteiger partial charge is 0.270 e. The Kier molecular flexibility index (Phi) is 5.08. The summed E-state index contributed by atoms with van der Waals surface area (Å²) in [6, 6.07) is 13.5. The summed E-state index contributed by atoms with van der Waals surface area (Å²) in [6.07, 6.45) is 3.58. The molecule has 0 saturated heterocycles. The van der Waals surface area contributed by atoms with Crippen molar-refractivity contribution in [3.63, 3.8) is 0 Å². The predicted octanol–water partition coefficient (Wildman–Crippen LogP) is 5.45. The number of nitrogens with zero attached hydrogens (tertiary/aromatic N) is 3. The first-order valence-corrected chi connectivity index (χ1v) is 10.7. The van der Waals surface area contributed by atoms with E-state index in [1.54, 1.807) is 18.3 Å². The molecule has 6 nitrogen and oxygen atoms in total. The number of hydrogen-bond acceptors (Lipinski definition) is 4. The minimum atomic E-state index is -2.97.